The normalized spacial score (nSPS) is 21.8. The Labute approximate surface area is 167 Å². The van der Waals surface area contributed by atoms with Crippen molar-refractivity contribution in [3.05, 3.63) is 65.7 Å². The molecule has 0 bridgehead atoms. The largest absolute Gasteiger partial charge is 0.463 e. The lowest BCUT2D eigenvalue weighted by Crippen LogP contribution is -2.61. The van der Waals surface area contributed by atoms with Crippen LogP contribution in [-0.2, 0) is 10.2 Å². The van der Waals surface area contributed by atoms with Gasteiger partial charge in [0.1, 0.15) is 12.3 Å². The molecule has 2 aliphatic rings. The molecule has 1 spiro atoms. The molecule has 0 fully saturated rings. The number of hydrogen-bond acceptors (Lipinski definition) is 3. The first-order valence-electron chi connectivity index (χ1n) is 9.79. The van der Waals surface area contributed by atoms with Gasteiger partial charge in [-0.3, -0.25) is 4.79 Å². The number of carbonyl (C=O) groups is 1. The molecule has 0 aromatic heterocycles. The van der Waals surface area contributed by atoms with Gasteiger partial charge >= 0.3 is 0 Å². The molecule has 1 amide bonds. The van der Waals surface area contributed by atoms with Crippen molar-refractivity contribution in [2.75, 3.05) is 11.4 Å². The lowest BCUT2D eigenvalue weighted by molar-refractivity contribution is -0.121. The van der Waals surface area contributed by atoms with E-state index < -0.39 is 5.72 Å². The van der Waals surface area contributed by atoms with Crippen LogP contribution in [-0.4, -0.2) is 23.7 Å². The van der Waals surface area contributed by atoms with Gasteiger partial charge in [-0.05, 0) is 64.5 Å². The topological polar surface area (TPSA) is 41.6 Å². The summed E-state index contributed by atoms with van der Waals surface area (Å²) in [5.74, 6) is 0.822. The lowest BCUT2D eigenvalue weighted by Gasteiger charge is -2.47. The zero-order valence-electron chi connectivity index (χ0n) is 17.2. The molecule has 4 heteroatoms. The first-order valence-corrected chi connectivity index (χ1v) is 9.79. The minimum atomic E-state index is -0.764. The number of anilines is 1. The van der Waals surface area contributed by atoms with Crippen LogP contribution in [0.25, 0.3) is 6.08 Å². The molecule has 146 valence electrons. The van der Waals surface area contributed by atoms with E-state index in [9.17, 15) is 4.79 Å². The Bertz CT molecular complexity index is 955. The minimum absolute atomic E-state index is 0.0183. The summed E-state index contributed by atoms with van der Waals surface area (Å²) < 4.78 is 6.68. The first-order chi connectivity index (χ1) is 13.1. The summed E-state index contributed by atoms with van der Waals surface area (Å²) in [5, 5.41) is 3.09. The molecule has 2 aliphatic heterocycles. The molecule has 28 heavy (non-hydrogen) atoms. The van der Waals surface area contributed by atoms with Gasteiger partial charge in [0.25, 0.3) is 0 Å². The maximum Gasteiger partial charge on any atom is 0.240 e. The van der Waals surface area contributed by atoms with E-state index in [1.807, 2.05) is 57.2 Å². The Kier molecular flexibility index (Phi) is 4.07. The number of fused-ring (bicyclic) bond motifs is 2. The molecule has 0 saturated heterocycles. The molecule has 2 aromatic rings. The Morgan fingerprint density at radius 1 is 1.07 bits per heavy atom. The van der Waals surface area contributed by atoms with Crippen LogP contribution in [0.4, 0.5) is 5.69 Å². The Hall–Kier alpha value is -2.75. The molecule has 2 heterocycles. The second-order valence-electron chi connectivity index (χ2n) is 9.20. The fourth-order valence-electron chi connectivity index (χ4n) is 4.35. The predicted octanol–water partition coefficient (Wildman–Crippen LogP) is 4.50. The number of hydrogen-bond donors (Lipinski definition) is 1. The predicted molar refractivity (Wildman–Crippen MR) is 114 cm³/mol. The SMILES string of the molecule is CC(C)(C)NC(=O)CN1c2ccccc2C(C)(C)C12C=Cc1ccccc1O2. The van der Waals surface area contributed by atoms with Gasteiger partial charge in [0.15, 0.2) is 0 Å². The van der Waals surface area contributed by atoms with Gasteiger partial charge in [-0.15, -0.1) is 0 Å². The Morgan fingerprint density at radius 3 is 2.50 bits per heavy atom. The number of ether oxygens (including phenoxy) is 1. The smallest absolute Gasteiger partial charge is 0.240 e. The summed E-state index contributed by atoms with van der Waals surface area (Å²) in [4.78, 5) is 15.0. The van der Waals surface area contributed by atoms with Gasteiger partial charge < -0.3 is 15.0 Å². The van der Waals surface area contributed by atoms with Crippen molar-refractivity contribution in [3.8, 4) is 5.75 Å². The van der Waals surface area contributed by atoms with E-state index in [0.717, 1.165) is 17.0 Å². The quantitative estimate of drug-likeness (QED) is 0.839. The summed E-state index contributed by atoms with van der Waals surface area (Å²) in [6.45, 7) is 10.6. The van der Waals surface area contributed by atoms with Gasteiger partial charge in [0.05, 0.1) is 5.41 Å². The third-order valence-corrected chi connectivity index (χ3v) is 5.65. The maximum atomic E-state index is 12.9. The maximum absolute atomic E-state index is 12.9. The summed E-state index contributed by atoms with van der Waals surface area (Å²) in [7, 11) is 0. The molecular weight excluding hydrogens is 348 g/mol. The van der Waals surface area contributed by atoms with Crippen molar-refractivity contribution in [1.29, 1.82) is 0 Å². The molecule has 4 nitrogen and oxygen atoms in total. The van der Waals surface area contributed by atoms with Crippen LogP contribution >= 0.6 is 0 Å². The molecule has 0 saturated carbocycles. The molecule has 1 unspecified atom stereocenters. The second kappa shape index (κ2) is 6.13. The van der Waals surface area contributed by atoms with Crippen molar-refractivity contribution in [1.82, 2.24) is 5.32 Å². The van der Waals surface area contributed by atoms with Gasteiger partial charge in [0, 0.05) is 16.8 Å². The van der Waals surface area contributed by atoms with Crippen LogP contribution in [0.1, 0.15) is 45.7 Å². The highest BCUT2D eigenvalue weighted by atomic mass is 16.5. The number of benzene rings is 2. The van der Waals surface area contributed by atoms with Gasteiger partial charge in [-0.25, -0.2) is 0 Å². The molecular formula is C24H28N2O2. The molecule has 1 N–H and O–H groups in total. The van der Waals surface area contributed by atoms with E-state index in [-0.39, 0.29) is 23.4 Å². The summed E-state index contributed by atoms with van der Waals surface area (Å²) in [5.41, 5.74) is 1.90. The number of nitrogens with zero attached hydrogens (tertiary/aromatic N) is 1. The third-order valence-electron chi connectivity index (χ3n) is 5.65. The number of para-hydroxylation sites is 2. The minimum Gasteiger partial charge on any atom is -0.463 e. The van der Waals surface area contributed by atoms with Gasteiger partial charge in [-0.2, -0.15) is 0 Å². The van der Waals surface area contributed by atoms with Crippen molar-refractivity contribution in [2.45, 2.75) is 51.3 Å². The van der Waals surface area contributed by atoms with Crippen molar-refractivity contribution in [3.63, 3.8) is 0 Å². The summed E-state index contributed by atoms with van der Waals surface area (Å²) >= 11 is 0. The van der Waals surface area contributed by atoms with E-state index in [0.29, 0.717) is 0 Å². The van der Waals surface area contributed by atoms with Gasteiger partial charge in [0.2, 0.25) is 11.6 Å². The van der Waals surface area contributed by atoms with Crippen molar-refractivity contribution >= 4 is 17.7 Å². The Morgan fingerprint density at radius 2 is 1.75 bits per heavy atom. The molecule has 1 atom stereocenters. The van der Waals surface area contributed by atoms with E-state index in [1.54, 1.807) is 0 Å². The zero-order chi connectivity index (χ0) is 20.2. The van der Waals surface area contributed by atoms with Crippen LogP contribution < -0.4 is 15.0 Å². The Balaban J connectivity index is 1.81. The van der Waals surface area contributed by atoms with Crippen molar-refractivity contribution in [2.24, 2.45) is 0 Å². The molecule has 2 aromatic carbocycles. The molecule has 0 radical (unpaired) electrons. The van der Waals surface area contributed by atoms with E-state index >= 15 is 0 Å². The second-order valence-corrected chi connectivity index (χ2v) is 9.20. The molecule has 4 rings (SSSR count). The van der Waals surface area contributed by atoms with Crippen LogP contribution in [0.15, 0.2) is 54.6 Å². The highest BCUT2D eigenvalue weighted by molar-refractivity contribution is 5.85. The van der Waals surface area contributed by atoms with E-state index in [1.165, 1.54) is 5.56 Å². The lowest BCUT2D eigenvalue weighted by atomic mass is 9.76. The van der Waals surface area contributed by atoms with Gasteiger partial charge in [-0.1, -0.05) is 36.4 Å². The average molecular weight is 377 g/mol. The third kappa shape index (κ3) is 2.79. The standard InChI is InChI=1S/C24H28N2O2/c1-22(2,3)25-21(27)16-26-19-12-8-7-11-18(19)23(4,5)24(26)15-14-17-10-6-9-13-20(17)28-24/h6-15H,16H2,1-5H3,(H,25,27). The zero-order valence-corrected chi connectivity index (χ0v) is 17.2. The number of carbonyl (C=O) groups excluding carboxylic acids is 1. The fourth-order valence-corrected chi connectivity index (χ4v) is 4.35. The van der Waals surface area contributed by atoms with Crippen LogP contribution in [0.3, 0.4) is 0 Å². The summed E-state index contributed by atoms with van der Waals surface area (Å²) in [6, 6.07) is 16.3. The number of amides is 1. The van der Waals surface area contributed by atoms with Crippen molar-refractivity contribution < 1.29 is 9.53 Å². The number of nitrogens with one attached hydrogen (secondary N) is 1. The monoisotopic (exact) mass is 376 g/mol. The van der Waals surface area contributed by atoms with E-state index in [4.69, 9.17) is 4.74 Å². The first kappa shape index (κ1) is 18.6. The van der Waals surface area contributed by atoms with Crippen LogP contribution in [0.5, 0.6) is 5.75 Å². The van der Waals surface area contributed by atoms with E-state index in [2.05, 4.69) is 48.3 Å². The highest BCUT2D eigenvalue weighted by Gasteiger charge is 2.59. The van der Waals surface area contributed by atoms with Crippen LogP contribution in [0.2, 0.25) is 0 Å². The molecule has 0 aliphatic carbocycles. The fraction of sp³-hybridized carbons (Fsp3) is 0.375. The average Bonchev–Trinajstić information content (AvgIpc) is 2.79. The number of rotatable bonds is 2. The van der Waals surface area contributed by atoms with Crippen LogP contribution in [0, 0.1) is 0 Å². The summed E-state index contributed by atoms with van der Waals surface area (Å²) in [6.07, 6.45) is 4.22. The highest BCUT2D eigenvalue weighted by Crippen LogP contribution is 2.54.